The first-order valence-corrected chi connectivity index (χ1v) is 6.13. The number of halogens is 2. The van der Waals surface area contributed by atoms with E-state index in [0.717, 1.165) is 15.9 Å². The number of rotatable bonds is 2. The zero-order valence-electron chi connectivity index (χ0n) is 8.98. The Morgan fingerprint density at radius 2 is 2.12 bits per heavy atom. The van der Waals surface area contributed by atoms with Crippen molar-refractivity contribution in [1.29, 1.82) is 0 Å². The molecule has 1 atom stereocenters. The fraction of sp³-hybridized carbons (Fsp3) is 0.273. The molecule has 0 N–H and O–H groups in total. The Hall–Kier alpha value is -0.870. The van der Waals surface area contributed by atoms with E-state index in [9.17, 15) is 0 Å². The third kappa shape index (κ3) is 2.44. The molecule has 0 bridgehead atoms. The molecule has 0 spiro atoms. The highest BCUT2D eigenvalue weighted by molar-refractivity contribution is 9.10. The van der Waals surface area contributed by atoms with E-state index in [4.69, 9.17) is 11.6 Å². The molecule has 1 heterocycles. The van der Waals surface area contributed by atoms with Gasteiger partial charge >= 0.3 is 0 Å². The predicted molar refractivity (Wildman–Crippen MR) is 68.1 cm³/mol. The first kappa shape index (κ1) is 11.6. The van der Waals surface area contributed by atoms with Crippen molar-refractivity contribution in [3.05, 3.63) is 40.1 Å². The fourth-order valence-corrected chi connectivity index (χ4v) is 2.13. The third-order valence-corrected chi connectivity index (χ3v) is 2.89. The molecule has 1 aromatic heterocycles. The van der Waals surface area contributed by atoms with Gasteiger partial charge in [0.2, 0.25) is 0 Å². The molecule has 0 aliphatic heterocycles. The predicted octanol–water partition coefficient (Wildman–Crippen LogP) is 3.64. The van der Waals surface area contributed by atoms with Gasteiger partial charge in [0.25, 0.3) is 0 Å². The topological polar surface area (TPSA) is 30.7 Å². The maximum atomic E-state index is 5.94. The van der Waals surface area contributed by atoms with Crippen molar-refractivity contribution in [2.45, 2.75) is 19.2 Å². The Morgan fingerprint density at radius 1 is 1.38 bits per heavy atom. The van der Waals surface area contributed by atoms with Gasteiger partial charge in [-0.3, -0.25) is 0 Å². The average Bonchev–Trinajstić information content (AvgIpc) is 2.64. The van der Waals surface area contributed by atoms with Crippen LogP contribution in [0.1, 0.15) is 23.6 Å². The quantitative estimate of drug-likeness (QED) is 0.793. The van der Waals surface area contributed by atoms with Gasteiger partial charge in [-0.2, -0.15) is 0 Å². The second kappa shape index (κ2) is 4.55. The van der Waals surface area contributed by atoms with Crippen LogP contribution in [0.25, 0.3) is 5.69 Å². The van der Waals surface area contributed by atoms with Gasteiger partial charge in [-0.05, 0) is 37.6 Å². The van der Waals surface area contributed by atoms with Gasteiger partial charge in [0, 0.05) is 4.47 Å². The van der Waals surface area contributed by atoms with E-state index < -0.39 is 0 Å². The second-order valence-corrected chi connectivity index (χ2v) is 5.26. The smallest absolute Gasteiger partial charge is 0.101 e. The first-order chi connectivity index (χ1) is 7.56. The highest BCUT2D eigenvalue weighted by Crippen LogP contribution is 2.20. The number of alkyl halides is 1. The summed E-state index contributed by atoms with van der Waals surface area (Å²) in [7, 11) is 0. The molecule has 0 aliphatic rings. The van der Waals surface area contributed by atoms with E-state index in [1.807, 2.05) is 38.2 Å². The SMILES string of the molecule is Cc1cc(Br)cc(-n2cc(C(C)Cl)nn2)c1. The lowest BCUT2D eigenvalue weighted by atomic mass is 10.2. The summed E-state index contributed by atoms with van der Waals surface area (Å²) in [4.78, 5) is 0. The van der Waals surface area contributed by atoms with E-state index in [1.165, 1.54) is 5.56 Å². The van der Waals surface area contributed by atoms with Crippen molar-refractivity contribution in [3.8, 4) is 5.69 Å². The standard InChI is InChI=1S/C11H11BrClN3/c1-7-3-9(12)5-10(4-7)16-6-11(8(2)13)14-15-16/h3-6,8H,1-2H3. The average molecular weight is 301 g/mol. The molecule has 2 rings (SSSR count). The van der Waals surface area contributed by atoms with E-state index in [2.05, 4.69) is 26.2 Å². The van der Waals surface area contributed by atoms with Crippen LogP contribution in [0, 0.1) is 6.92 Å². The van der Waals surface area contributed by atoms with E-state index in [1.54, 1.807) is 4.68 Å². The van der Waals surface area contributed by atoms with E-state index in [0.29, 0.717) is 0 Å². The zero-order chi connectivity index (χ0) is 11.7. The minimum atomic E-state index is -0.123. The number of hydrogen-bond acceptors (Lipinski definition) is 2. The van der Waals surface area contributed by atoms with Gasteiger partial charge < -0.3 is 0 Å². The first-order valence-electron chi connectivity index (χ1n) is 4.90. The molecule has 1 aromatic carbocycles. The van der Waals surface area contributed by atoms with Crippen LogP contribution in [-0.4, -0.2) is 15.0 Å². The van der Waals surface area contributed by atoms with Gasteiger partial charge in [0.1, 0.15) is 5.69 Å². The van der Waals surface area contributed by atoms with Gasteiger partial charge in [-0.1, -0.05) is 21.1 Å². The number of aromatic nitrogens is 3. The van der Waals surface area contributed by atoms with Crippen molar-refractivity contribution < 1.29 is 0 Å². The number of benzene rings is 1. The lowest BCUT2D eigenvalue weighted by molar-refractivity contribution is 0.795. The lowest BCUT2D eigenvalue weighted by Crippen LogP contribution is -1.95. The summed E-state index contributed by atoms with van der Waals surface area (Å²) >= 11 is 9.40. The molecule has 5 heteroatoms. The Bertz CT molecular complexity index is 487. The summed E-state index contributed by atoms with van der Waals surface area (Å²) in [5.74, 6) is 0. The Balaban J connectivity index is 2.42. The van der Waals surface area contributed by atoms with Crippen LogP contribution in [0.2, 0.25) is 0 Å². The summed E-state index contributed by atoms with van der Waals surface area (Å²) in [5, 5.41) is 7.95. The summed E-state index contributed by atoms with van der Waals surface area (Å²) in [6, 6.07) is 6.08. The Labute approximate surface area is 108 Å². The van der Waals surface area contributed by atoms with Crippen LogP contribution >= 0.6 is 27.5 Å². The number of hydrogen-bond donors (Lipinski definition) is 0. The molecule has 3 nitrogen and oxygen atoms in total. The summed E-state index contributed by atoms with van der Waals surface area (Å²) in [6.45, 7) is 3.92. The number of nitrogens with zero attached hydrogens (tertiary/aromatic N) is 3. The van der Waals surface area contributed by atoms with Crippen molar-refractivity contribution in [3.63, 3.8) is 0 Å². The maximum Gasteiger partial charge on any atom is 0.101 e. The summed E-state index contributed by atoms with van der Waals surface area (Å²) < 4.78 is 2.75. The van der Waals surface area contributed by atoms with Gasteiger partial charge in [0.15, 0.2) is 0 Å². The second-order valence-electron chi connectivity index (χ2n) is 3.69. The Kier molecular flexibility index (Phi) is 3.30. The molecule has 0 fully saturated rings. The van der Waals surface area contributed by atoms with Crippen molar-refractivity contribution in [2.24, 2.45) is 0 Å². The van der Waals surface area contributed by atoms with Crippen molar-refractivity contribution >= 4 is 27.5 Å². The van der Waals surface area contributed by atoms with E-state index >= 15 is 0 Å². The molecule has 0 saturated carbocycles. The molecule has 0 amide bonds. The molecular weight excluding hydrogens is 289 g/mol. The van der Waals surface area contributed by atoms with Crippen LogP contribution in [0.3, 0.4) is 0 Å². The van der Waals surface area contributed by atoms with Crippen LogP contribution in [0.15, 0.2) is 28.9 Å². The van der Waals surface area contributed by atoms with E-state index in [-0.39, 0.29) is 5.38 Å². The van der Waals surface area contributed by atoms with Crippen LogP contribution in [0.5, 0.6) is 0 Å². The molecule has 16 heavy (non-hydrogen) atoms. The van der Waals surface area contributed by atoms with Crippen molar-refractivity contribution in [2.75, 3.05) is 0 Å². The largest absolute Gasteiger partial charge is 0.220 e. The molecule has 0 saturated heterocycles. The van der Waals surface area contributed by atoms with Crippen LogP contribution < -0.4 is 0 Å². The zero-order valence-corrected chi connectivity index (χ0v) is 11.3. The minimum absolute atomic E-state index is 0.123. The van der Waals surface area contributed by atoms with Crippen LogP contribution in [0.4, 0.5) is 0 Å². The van der Waals surface area contributed by atoms with Gasteiger partial charge in [-0.25, -0.2) is 4.68 Å². The normalized spacial score (nSPS) is 12.8. The molecule has 0 radical (unpaired) electrons. The highest BCUT2D eigenvalue weighted by atomic mass is 79.9. The molecule has 2 aromatic rings. The molecular formula is C11H11BrClN3. The van der Waals surface area contributed by atoms with Crippen molar-refractivity contribution in [1.82, 2.24) is 15.0 Å². The van der Waals surface area contributed by atoms with Crippen LogP contribution in [-0.2, 0) is 0 Å². The summed E-state index contributed by atoms with van der Waals surface area (Å²) in [5.41, 5.74) is 2.92. The fourth-order valence-electron chi connectivity index (χ4n) is 1.43. The third-order valence-electron chi connectivity index (χ3n) is 2.21. The maximum absolute atomic E-state index is 5.94. The molecule has 1 unspecified atom stereocenters. The highest BCUT2D eigenvalue weighted by Gasteiger charge is 2.08. The number of aryl methyl sites for hydroxylation is 1. The van der Waals surface area contributed by atoms with Gasteiger partial charge in [-0.15, -0.1) is 16.7 Å². The molecule has 0 aliphatic carbocycles. The monoisotopic (exact) mass is 299 g/mol. The molecule has 84 valence electrons. The summed E-state index contributed by atoms with van der Waals surface area (Å²) in [6.07, 6.45) is 1.85. The minimum Gasteiger partial charge on any atom is -0.220 e. The lowest BCUT2D eigenvalue weighted by Gasteiger charge is -2.02. The Morgan fingerprint density at radius 3 is 2.69 bits per heavy atom. The van der Waals surface area contributed by atoms with Gasteiger partial charge in [0.05, 0.1) is 17.3 Å².